The third-order valence-electron chi connectivity index (χ3n) is 4.08. The normalized spacial score (nSPS) is 19.1. The number of halogens is 1. The molecule has 1 aliphatic rings. The summed E-state index contributed by atoms with van der Waals surface area (Å²) in [5, 5.41) is 3.42. The van der Waals surface area contributed by atoms with Crippen molar-refractivity contribution in [3.05, 3.63) is 0 Å². The standard InChI is InChI=1S/C16H33N3O.HI/c1-7-17-15(19-10-8-13(2)9-11-19)18-12-14(20-6)16(3,4)5;/h13-14H,7-12H2,1-6H3,(H,17,18);1H. The SMILES string of the molecule is CCNC(=NCC(OC)C(C)(C)C)N1CCC(C)CC1.I. The number of methoxy groups -OCH3 is 1. The number of guanidine groups is 1. The summed E-state index contributed by atoms with van der Waals surface area (Å²) in [6, 6.07) is 0. The van der Waals surface area contributed by atoms with Gasteiger partial charge in [0, 0.05) is 26.7 Å². The topological polar surface area (TPSA) is 36.9 Å². The van der Waals surface area contributed by atoms with E-state index in [4.69, 9.17) is 9.73 Å². The number of ether oxygens (including phenoxy) is 1. The number of hydrogen-bond acceptors (Lipinski definition) is 2. The van der Waals surface area contributed by atoms with Crippen LogP contribution in [0.5, 0.6) is 0 Å². The van der Waals surface area contributed by atoms with Crippen molar-refractivity contribution >= 4 is 29.9 Å². The highest BCUT2D eigenvalue weighted by molar-refractivity contribution is 14.0. The summed E-state index contributed by atoms with van der Waals surface area (Å²) in [5.41, 5.74) is 0.117. The van der Waals surface area contributed by atoms with Crippen molar-refractivity contribution in [3.8, 4) is 0 Å². The zero-order valence-corrected chi connectivity index (χ0v) is 16.9. The van der Waals surface area contributed by atoms with Gasteiger partial charge in [0.2, 0.25) is 0 Å². The van der Waals surface area contributed by atoms with Gasteiger partial charge in [0.05, 0.1) is 12.6 Å². The second-order valence-electron chi connectivity index (χ2n) is 6.95. The first-order valence-electron chi connectivity index (χ1n) is 7.94. The van der Waals surface area contributed by atoms with Gasteiger partial charge in [-0.3, -0.25) is 4.99 Å². The zero-order chi connectivity index (χ0) is 15.2. The van der Waals surface area contributed by atoms with Crippen LogP contribution >= 0.6 is 24.0 Å². The quantitative estimate of drug-likeness (QED) is 0.438. The first kappa shape index (κ1) is 21.0. The van der Waals surface area contributed by atoms with Crippen LogP contribution in [0, 0.1) is 11.3 Å². The number of nitrogens with one attached hydrogen (secondary N) is 1. The molecule has 0 aliphatic carbocycles. The highest BCUT2D eigenvalue weighted by atomic mass is 127. The van der Waals surface area contributed by atoms with Gasteiger partial charge in [-0.1, -0.05) is 27.7 Å². The van der Waals surface area contributed by atoms with Crippen molar-refractivity contribution < 1.29 is 4.74 Å². The van der Waals surface area contributed by atoms with Gasteiger partial charge in [0.15, 0.2) is 5.96 Å². The smallest absolute Gasteiger partial charge is 0.194 e. The van der Waals surface area contributed by atoms with E-state index in [2.05, 4.69) is 44.8 Å². The monoisotopic (exact) mass is 411 g/mol. The van der Waals surface area contributed by atoms with Crippen LogP contribution in [0.2, 0.25) is 0 Å². The van der Waals surface area contributed by atoms with Gasteiger partial charge < -0.3 is 15.0 Å². The van der Waals surface area contributed by atoms with E-state index in [0.717, 1.165) is 31.5 Å². The molecule has 0 saturated carbocycles. The summed E-state index contributed by atoms with van der Waals surface area (Å²) in [5.74, 6) is 1.89. The van der Waals surface area contributed by atoms with Crippen LogP contribution in [0.15, 0.2) is 4.99 Å². The van der Waals surface area contributed by atoms with Crippen LogP contribution in [0.1, 0.15) is 47.5 Å². The van der Waals surface area contributed by atoms with E-state index < -0.39 is 0 Å². The summed E-state index contributed by atoms with van der Waals surface area (Å²) >= 11 is 0. The van der Waals surface area contributed by atoms with E-state index in [1.165, 1.54) is 12.8 Å². The van der Waals surface area contributed by atoms with Crippen molar-refractivity contribution in [2.75, 3.05) is 33.3 Å². The molecule has 4 nitrogen and oxygen atoms in total. The minimum atomic E-state index is 0. The molecule has 5 heteroatoms. The summed E-state index contributed by atoms with van der Waals surface area (Å²) < 4.78 is 5.59. The Bertz CT molecular complexity index is 307. The molecule has 1 fully saturated rings. The van der Waals surface area contributed by atoms with Crippen LogP contribution in [-0.4, -0.2) is 50.3 Å². The van der Waals surface area contributed by atoms with Gasteiger partial charge in [-0.05, 0) is 31.1 Å². The fraction of sp³-hybridized carbons (Fsp3) is 0.938. The first-order valence-corrected chi connectivity index (χ1v) is 7.94. The summed E-state index contributed by atoms with van der Waals surface area (Å²) in [4.78, 5) is 7.19. The maximum atomic E-state index is 5.59. The molecule has 0 radical (unpaired) electrons. The van der Waals surface area contributed by atoms with Crippen molar-refractivity contribution in [3.63, 3.8) is 0 Å². The first-order chi connectivity index (χ1) is 9.38. The molecule has 1 N–H and O–H groups in total. The van der Waals surface area contributed by atoms with Crippen molar-refractivity contribution in [2.24, 2.45) is 16.3 Å². The summed E-state index contributed by atoms with van der Waals surface area (Å²) in [6.45, 7) is 14.9. The molecule has 1 unspecified atom stereocenters. The zero-order valence-electron chi connectivity index (χ0n) is 14.6. The third-order valence-corrected chi connectivity index (χ3v) is 4.08. The fourth-order valence-electron chi connectivity index (χ4n) is 2.52. The maximum absolute atomic E-state index is 5.59. The molecule has 1 saturated heterocycles. The van der Waals surface area contributed by atoms with E-state index in [0.29, 0.717) is 6.54 Å². The molecule has 1 rings (SSSR count). The number of likely N-dealkylation sites (tertiary alicyclic amines) is 1. The van der Waals surface area contributed by atoms with Crippen LogP contribution in [-0.2, 0) is 4.74 Å². The van der Waals surface area contributed by atoms with Gasteiger partial charge in [-0.25, -0.2) is 0 Å². The lowest BCUT2D eigenvalue weighted by Crippen LogP contribution is -2.46. The Labute approximate surface area is 148 Å². The lowest BCUT2D eigenvalue weighted by atomic mass is 9.89. The van der Waals surface area contributed by atoms with E-state index in [9.17, 15) is 0 Å². The molecule has 0 aromatic heterocycles. The molecule has 0 aromatic carbocycles. The Kier molecular flexibility index (Phi) is 9.85. The number of rotatable bonds is 4. The number of hydrogen-bond donors (Lipinski definition) is 1. The van der Waals surface area contributed by atoms with E-state index in [-0.39, 0.29) is 35.5 Å². The van der Waals surface area contributed by atoms with Gasteiger partial charge in [-0.15, -0.1) is 24.0 Å². The third kappa shape index (κ3) is 7.17. The van der Waals surface area contributed by atoms with Crippen LogP contribution in [0.3, 0.4) is 0 Å². The number of aliphatic imine (C=N–C) groups is 1. The van der Waals surface area contributed by atoms with Gasteiger partial charge >= 0.3 is 0 Å². The highest BCUT2D eigenvalue weighted by Gasteiger charge is 2.25. The fourth-order valence-corrected chi connectivity index (χ4v) is 2.52. The maximum Gasteiger partial charge on any atom is 0.194 e. The largest absolute Gasteiger partial charge is 0.379 e. The Morgan fingerprint density at radius 3 is 2.33 bits per heavy atom. The van der Waals surface area contributed by atoms with E-state index in [1.54, 1.807) is 7.11 Å². The predicted octanol–water partition coefficient (Wildman–Crippen LogP) is 3.36. The van der Waals surface area contributed by atoms with Crippen LogP contribution < -0.4 is 5.32 Å². The molecular weight excluding hydrogens is 377 g/mol. The van der Waals surface area contributed by atoms with Gasteiger partial charge in [0.1, 0.15) is 0 Å². The average Bonchev–Trinajstić information content (AvgIpc) is 2.37. The van der Waals surface area contributed by atoms with E-state index in [1.807, 2.05) is 0 Å². The Balaban J connectivity index is 0.00000400. The molecule has 126 valence electrons. The molecule has 21 heavy (non-hydrogen) atoms. The number of piperidine rings is 1. The molecule has 1 heterocycles. The lowest BCUT2D eigenvalue weighted by Gasteiger charge is -2.34. The molecular formula is C16H34IN3O. The lowest BCUT2D eigenvalue weighted by molar-refractivity contribution is 0.0239. The minimum absolute atomic E-state index is 0. The minimum Gasteiger partial charge on any atom is -0.379 e. The Hall–Kier alpha value is -0.0400. The molecule has 1 atom stereocenters. The molecule has 1 aliphatic heterocycles. The molecule has 0 bridgehead atoms. The van der Waals surface area contributed by atoms with Crippen LogP contribution in [0.25, 0.3) is 0 Å². The van der Waals surface area contributed by atoms with Gasteiger partial charge in [-0.2, -0.15) is 0 Å². The molecule has 0 amide bonds. The van der Waals surface area contributed by atoms with Crippen molar-refractivity contribution in [2.45, 2.75) is 53.6 Å². The van der Waals surface area contributed by atoms with Crippen molar-refractivity contribution in [1.82, 2.24) is 10.2 Å². The Morgan fingerprint density at radius 2 is 1.90 bits per heavy atom. The second kappa shape index (κ2) is 9.87. The predicted molar refractivity (Wildman–Crippen MR) is 102 cm³/mol. The second-order valence-corrected chi connectivity index (χ2v) is 6.95. The average molecular weight is 411 g/mol. The van der Waals surface area contributed by atoms with Gasteiger partial charge in [0.25, 0.3) is 0 Å². The molecule has 0 spiro atoms. The Morgan fingerprint density at radius 1 is 1.33 bits per heavy atom. The summed E-state index contributed by atoms with van der Waals surface area (Å²) in [7, 11) is 1.78. The van der Waals surface area contributed by atoms with Crippen LogP contribution in [0.4, 0.5) is 0 Å². The van der Waals surface area contributed by atoms with E-state index >= 15 is 0 Å². The summed E-state index contributed by atoms with van der Waals surface area (Å²) in [6.07, 6.45) is 2.68. The molecule has 0 aromatic rings. The number of nitrogens with zero attached hydrogens (tertiary/aromatic N) is 2. The highest BCUT2D eigenvalue weighted by Crippen LogP contribution is 2.22. The van der Waals surface area contributed by atoms with Crippen molar-refractivity contribution in [1.29, 1.82) is 0 Å².